The molecule has 1 heterocycles. The average Bonchev–Trinajstić information content (AvgIpc) is 3.62. The predicted molar refractivity (Wildman–Crippen MR) is 230 cm³/mol. The second-order valence-corrected chi connectivity index (χ2v) is 14.9. The molecular weight excluding hydrogens is 786 g/mol. The van der Waals surface area contributed by atoms with Crippen LogP contribution in [-0.4, -0.2) is 4.57 Å². The summed E-state index contributed by atoms with van der Waals surface area (Å²) in [6.45, 7) is 0. The van der Waals surface area contributed by atoms with Crippen LogP contribution in [0.3, 0.4) is 0 Å². The summed E-state index contributed by atoms with van der Waals surface area (Å²) in [6, 6.07) is 48.3. The molecule has 2 nitrogen and oxygen atoms in total. The Bertz CT molecular complexity index is 3490. The summed E-state index contributed by atoms with van der Waals surface area (Å²) in [5, 5.41) is 7.38. The fourth-order valence-electron chi connectivity index (χ4n) is 8.96. The average molecular weight is 813 g/mol. The van der Waals surface area contributed by atoms with E-state index in [1.807, 2.05) is 77.4 Å². The van der Waals surface area contributed by atoms with Crippen molar-refractivity contribution in [1.82, 2.24) is 4.57 Å². The van der Waals surface area contributed by atoms with Crippen LogP contribution in [0.5, 0.6) is 0 Å². The van der Waals surface area contributed by atoms with Crippen LogP contribution in [0.1, 0.15) is 0 Å². The van der Waals surface area contributed by atoms with Gasteiger partial charge in [0.25, 0.3) is 0 Å². The number of fused-ring (bicyclic) bond motifs is 4. The summed E-state index contributed by atoms with van der Waals surface area (Å²) in [5.41, 5.74) is 3.67. The first-order chi connectivity index (χ1) is 29.7. The Morgan fingerprint density at radius 2 is 0.918 bits per heavy atom. The van der Waals surface area contributed by atoms with Crippen LogP contribution in [0.4, 0.5) is 47.8 Å². The fourth-order valence-corrected chi connectivity index (χ4v) is 8.96. The number of benzene rings is 10. The van der Waals surface area contributed by atoms with Crippen molar-refractivity contribution in [3.8, 4) is 27.9 Å². The standard InChI is InChI=1S/C52H27F7N2/c53-38-10-4-6-12-40(38)60(41-13-7-5-11-39(41)54)33-20-14-28(15-21-33)34-22-16-29-17-25-37-45-30(18-23-35(34)44(29)45)27-43-47(37)36-24-19-31(26-42(36)61(43)32-8-2-1-3-9-32)46-48(55)50(57)52(59)51(58)49(46)56/h1-27H. The highest BCUT2D eigenvalue weighted by atomic mass is 19.2. The molecular formula is C52H27F7N2. The van der Waals surface area contributed by atoms with Gasteiger partial charge in [-0.2, -0.15) is 0 Å². The SMILES string of the molecule is Fc1ccccc1N(c1ccc(-c2ccc3ccc4c5c(ccc2c35)cc2c4c3ccc(-c4c(F)c(F)c(F)c(F)c4F)cc3n2-c2ccccc2)cc1)c1ccccc1F. The van der Waals surface area contributed by atoms with Gasteiger partial charge in [0, 0.05) is 22.1 Å². The normalized spacial score (nSPS) is 11.9. The van der Waals surface area contributed by atoms with Crippen LogP contribution in [0.15, 0.2) is 164 Å². The Labute approximate surface area is 342 Å². The predicted octanol–water partition coefficient (Wildman–Crippen LogP) is 15.5. The van der Waals surface area contributed by atoms with Gasteiger partial charge in [0.15, 0.2) is 23.3 Å². The number of hydrogen-bond donors (Lipinski definition) is 0. The van der Waals surface area contributed by atoms with Crippen molar-refractivity contribution in [2.24, 2.45) is 0 Å². The topological polar surface area (TPSA) is 8.17 Å². The summed E-state index contributed by atoms with van der Waals surface area (Å²) in [5.74, 6) is -11.0. The van der Waals surface area contributed by atoms with Crippen LogP contribution >= 0.6 is 0 Å². The highest BCUT2D eigenvalue weighted by molar-refractivity contribution is 6.34. The van der Waals surface area contributed by atoms with Crippen molar-refractivity contribution in [2.45, 2.75) is 0 Å². The summed E-state index contributed by atoms with van der Waals surface area (Å²) in [6.07, 6.45) is 0. The van der Waals surface area contributed by atoms with E-state index in [1.165, 1.54) is 24.3 Å². The molecule has 0 aliphatic carbocycles. The van der Waals surface area contributed by atoms with E-state index >= 15 is 17.6 Å². The molecule has 0 amide bonds. The maximum Gasteiger partial charge on any atom is 0.200 e. The summed E-state index contributed by atoms with van der Waals surface area (Å²) in [7, 11) is 0. The van der Waals surface area contributed by atoms with Crippen molar-refractivity contribution < 1.29 is 30.7 Å². The van der Waals surface area contributed by atoms with Crippen LogP contribution in [0, 0.1) is 40.7 Å². The summed E-state index contributed by atoms with van der Waals surface area (Å²) < 4.78 is 106. The van der Waals surface area contributed by atoms with Gasteiger partial charge in [-0.15, -0.1) is 0 Å². The molecule has 0 fully saturated rings. The lowest BCUT2D eigenvalue weighted by Gasteiger charge is -2.26. The third-order valence-electron chi connectivity index (χ3n) is 11.6. The van der Waals surface area contributed by atoms with Crippen molar-refractivity contribution in [2.75, 3.05) is 4.90 Å². The van der Waals surface area contributed by atoms with Crippen LogP contribution in [0.25, 0.3) is 82.1 Å². The van der Waals surface area contributed by atoms with Crippen LogP contribution in [0.2, 0.25) is 0 Å². The molecule has 0 bridgehead atoms. The number of hydrogen-bond acceptors (Lipinski definition) is 1. The van der Waals surface area contributed by atoms with E-state index in [4.69, 9.17) is 0 Å². The Balaban J connectivity index is 1.12. The van der Waals surface area contributed by atoms with Crippen molar-refractivity contribution in [3.63, 3.8) is 0 Å². The first-order valence-corrected chi connectivity index (χ1v) is 19.3. The third-order valence-corrected chi connectivity index (χ3v) is 11.6. The summed E-state index contributed by atoms with van der Waals surface area (Å²) >= 11 is 0. The lowest BCUT2D eigenvalue weighted by molar-refractivity contribution is 0.381. The molecule has 11 aromatic rings. The molecule has 0 saturated carbocycles. The molecule has 294 valence electrons. The molecule has 0 aliphatic rings. The molecule has 0 spiro atoms. The number of nitrogens with zero attached hydrogens (tertiary/aromatic N) is 2. The van der Waals surface area contributed by atoms with Gasteiger partial charge in [0.2, 0.25) is 5.82 Å². The minimum atomic E-state index is -2.21. The molecule has 0 unspecified atom stereocenters. The Hall–Kier alpha value is -7.65. The molecule has 9 heteroatoms. The van der Waals surface area contributed by atoms with E-state index < -0.39 is 46.3 Å². The van der Waals surface area contributed by atoms with Gasteiger partial charge >= 0.3 is 0 Å². The summed E-state index contributed by atoms with van der Waals surface area (Å²) in [4.78, 5) is 1.56. The van der Waals surface area contributed by atoms with E-state index in [1.54, 1.807) is 47.4 Å². The van der Waals surface area contributed by atoms with Crippen molar-refractivity contribution in [3.05, 3.63) is 205 Å². The zero-order valence-corrected chi connectivity index (χ0v) is 31.6. The highest BCUT2D eigenvalue weighted by Crippen LogP contribution is 2.47. The smallest absolute Gasteiger partial charge is 0.200 e. The Morgan fingerprint density at radius 1 is 0.377 bits per heavy atom. The largest absolute Gasteiger partial charge is 0.309 e. The van der Waals surface area contributed by atoms with E-state index in [9.17, 15) is 13.2 Å². The van der Waals surface area contributed by atoms with E-state index in [0.717, 1.165) is 65.4 Å². The van der Waals surface area contributed by atoms with Gasteiger partial charge in [-0.3, -0.25) is 0 Å². The monoisotopic (exact) mass is 812 g/mol. The van der Waals surface area contributed by atoms with Crippen LogP contribution in [-0.2, 0) is 0 Å². The molecule has 0 saturated heterocycles. The first kappa shape index (κ1) is 36.4. The Kier molecular flexibility index (Phi) is 8.19. The molecule has 1 aromatic heterocycles. The van der Waals surface area contributed by atoms with Crippen molar-refractivity contribution in [1.29, 1.82) is 0 Å². The zero-order chi connectivity index (χ0) is 41.7. The van der Waals surface area contributed by atoms with Crippen molar-refractivity contribution >= 4 is 71.2 Å². The molecule has 0 radical (unpaired) electrons. The lowest BCUT2D eigenvalue weighted by Crippen LogP contribution is -2.13. The minimum Gasteiger partial charge on any atom is -0.309 e. The van der Waals surface area contributed by atoms with Gasteiger partial charge in [0.1, 0.15) is 11.6 Å². The number of aromatic nitrogens is 1. The minimum absolute atomic E-state index is 0.164. The Morgan fingerprint density at radius 3 is 1.59 bits per heavy atom. The third kappa shape index (κ3) is 5.43. The van der Waals surface area contributed by atoms with E-state index in [0.29, 0.717) is 11.2 Å². The molecule has 0 N–H and O–H groups in total. The number of rotatable bonds is 6. The molecule has 11 rings (SSSR count). The van der Waals surface area contributed by atoms with Gasteiger partial charge in [-0.25, -0.2) is 30.7 Å². The second kappa shape index (κ2) is 13.7. The van der Waals surface area contributed by atoms with Gasteiger partial charge < -0.3 is 9.47 Å². The van der Waals surface area contributed by atoms with Gasteiger partial charge in [-0.1, -0.05) is 103 Å². The molecule has 0 atom stereocenters. The quantitative estimate of drug-likeness (QED) is 0.0703. The maximum atomic E-state index is 15.3. The van der Waals surface area contributed by atoms with Gasteiger partial charge in [0.05, 0.1) is 28.0 Å². The van der Waals surface area contributed by atoms with Crippen LogP contribution < -0.4 is 4.90 Å². The molecule has 0 aliphatic heterocycles. The number of para-hydroxylation sites is 3. The van der Waals surface area contributed by atoms with Gasteiger partial charge in [-0.05, 0) is 110 Å². The van der Waals surface area contributed by atoms with E-state index in [-0.39, 0.29) is 16.9 Å². The number of anilines is 3. The fraction of sp³-hybridized carbons (Fsp3) is 0. The highest BCUT2D eigenvalue weighted by Gasteiger charge is 2.28. The zero-order valence-electron chi connectivity index (χ0n) is 31.6. The lowest BCUT2D eigenvalue weighted by atomic mass is 9.88. The van der Waals surface area contributed by atoms with E-state index in [2.05, 4.69) is 24.3 Å². The number of halogens is 7. The maximum absolute atomic E-state index is 15.3. The second-order valence-electron chi connectivity index (χ2n) is 14.9. The molecule has 61 heavy (non-hydrogen) atoms. The molecule has 10 aromatic carbocycles. The first-order valence-electron chi connectivity index (χ1n) is 19.3.